The standard InChI is InChI=1S/C13H17Cl2NO/c1-10(14)7-8-16(2)13(17)9-11-3-5-12(15)6-4-11/h3-6,10H,7-9H2,1-2H3. The van der Waals surface area contributed by atoms with Crippen LogP contribution in [0.4, 0.5) is 0 Å². The van der Waals surface area contributed by atoms with E-state index in [-0.39, 0.29) is 11.3 Å². The smallest absolute Gasteiger partial charge is 0.226 e. The van der Waals surface area contributed by atoms with E-state index in [9.17, 15) is 4.79 Å². The van der Waals surface area contributed by atoms with Crippen LogP contribution in [0.2, 0.25) is 5.02 Å². The summed E-state index contributed by atoms with van der Waals surface area (Å²) in [6.45, 7) is 2.62. The van der Waals surface area contributed by atoms with Gasteiger partial charge in [-0.15, -0.1) is 11.6 Å². The summed E-state index contributed by atoms with van der Waals surface area (Å²) in [6.07, 6.45) is 1.22. The number of likely N-dealkylation sites (N-methyl/N-ethyl adjacent to an activating group) is 1. The molecular weight excluding hydrogens is 257 g/mol. The van der Waals surface area contributed by atoms with Gasteiger partial charge in [0.05, 0.1) is 6.42 Å². The number of carbonyl (C=O) groups is 1. The lowest BCUT2D eigenvalue weighted by Crippen LogP contribution is -2.30. The number of benzene rings is 1. The first-order valence-electron chi connectivity index (χ1n) is 5.61. The zero-order valence-electron chi connectivity index (χ0n) is 10.1. The van der Waals surface area contributed by atoms with Crippen molar-refractivity contribution in [1.82, 2.24) is 4.90 Å². The Labute approximate surface area is 113 Å². The summed E-state index contributed by atoms with van der Waals surface area (Å²) in [5, 5.41) is 0.784. The minimum Gasteiger partial charge on any atom is -0.345 e. The van der Waals surface area contributed by atoms with Crippen LogP contribution >= 0.6 is 23.2 Å². The molecule has 1 aromatic carbocycles. The molecule has 94 valence electrons. The van der Waals surface area contributed by atoms with Crippen molar-refractivity contribution in [1.29, 1.82) is 0 Å². The fraction of sp³-hybridized carbons (Fsp3) is 0.462. The summed E-state index contributed by atoms with van der Waals surface area (Å²) in [7, 11) is 1.80. The topological polar surface area (TPSA) is 20.3 Å². The van der Waals surface area contributed by atoms with Crippen LogP contribution in [-0.4, -0.2) is 29.8 Å². The van der Waals surface area contributed by atoms with Crippen LogP contribution < -0.4 is 0 Å². The van der Waals surface area contributed by atoms with E-state index in [4.69, 9.17) is 23.2 Å². The number of nitrogens with zero attached hydrogens (tertiary/aromatic N) is 1. The average Bonchev–Trinajstić information content (AvgIpc) is 2.28. The molecule has 0 aliphatic rings. The van der Waals surface area contributed by atoms with Crippen molar-refractivity contribution in [3.05, 3.63) is 34.9 Å². The van der Waals surface area contributed by atoms with Crippen LogP contribution in [0.3, 0.4) is 0 Å². The molecule has 1 unspecified atom stereocenters. The lowest BCUT2D eigenvalue weighted by atomic mass is 10.1. The summed E-state index contributed by atoms with van der Waals surface area (Å²) < 4.78 is 0. The molecule has 4 heteroatoms. The lowest BCUT2D eigenvalue weighted by Gasteiger charge is -2.17. The van der Waals surface area contributed by atoms with Gasteiger partial charge in [-0.2, -0.15) is 0 Å². The number of rotatable bonds is 5. The van der Waals surface area contributed by atoms with E-state index in [1.54, 1.807) is 24.1 Å². The SMILES string of the molecule is CC(Cl)CCN(C)C(=O)Cc1ccc(Cl)cc1. The molecule has 2 nitrogen and oxygen atoms in total. The van der Waals surface area contributed by atoms with Gasteiger partial charge in [-0.25, -0.2) is 0 Å². The van der Waals surface area contributed by atoms with E-state index in [0.717, 1.165) is 12.0 Å². The molecule has 0 saturated carbocycles. The normalized spacial score (nSPS) is 12.2. The molecular formula is C13H17Cl2NO. The van der Waals surface area contributed by atoms with Crippen LogP contribution in [-0.2, 0) is 11.2 Å². The van der Waals surface area contributed by atoms with Crippen molar-refractivity contribution >= 4 is 29.1 Å². The maximum absolute atomic E-state index is 11.9. The number of alkyl halides is 1. The highest BCUT2D eigenvalue weighted by molar-refractivity contribution is 6.30. The van der Waals surface area contributed by atoms with E-state index < -0.39 is 0 Å². The monoisotopic (exact) mass is 273 g/mol. The Hall–Kier alpha value is -0.730. The van der Waals surface area contributed by atoms with Crippen molar-refractivity contribution in [3.8, 4) is 0 Å². The zero-order valence-corrected chi connectivity index (χ0v) is 11.6. The van der Waals surface area contributed by atoms with E-state index in [2.05, 4.69) is 0 Å². The number of halogens is 2. The van der Waals surface area contributed by atoms with Gasteiger partial charge < -0.3 is 4.90 Å². The summed E-state index contributed by atoms with van der Waals surface area (Å²) in [5.74, 6) is 0.102. The third kappa shape index (κ3) is 5.42. The van der Waals surface area contributed by atoms with Gasteiger partial charge in [0.25, 0.3) is 0 Å². The third-order valence-electron chi connectivity index (χ3n) is 2.56. The highest BCUT2D eigenvalue weighted by Gasteiger charge is 2.10. The fourth-order valence-corrected chi connectivity index (χ4v) is 1.63. The van der Waals surface area contributed by atoms with Gasteiger partial charge in [0, 0.05) is 24.0 Å². The molecule has 17 heavy (non-hydrogen) atoms. The molecule has 1 amide bonds. The Morgan fingerprint density at radius 1 is 1.35 bits per heavy atom. The number of hydrogen-bond donors (Lipinski definition) is 0. The molecule has 0 radical (unpaired) electrons. The van der Waals surface area contributed by atoms with Gasteiger partial charge in [0.2, 0.25) is 5.91 Å². The quantitative estimate of drug-likeness (QED) is 0.754. The minimum atomic E-state index is 0.0979. The van der Waals surface area contributed by atoms with Crippen molar-refractivity contribution < 1.29 is 4.79 Å². The number of carbonyl (C=O) groups excluding carboxylic acids is 1. The Morgan fingerprint density at radius 2 is 1.94 bits per heavy atom. The van der Waals surface area contributed by atoms with Gasteiger partial charge in [-0.1, -0.05) is 23.7 Å². The van der Waals surface area contributed by atoms with E-state index >= 15 is 0 Å². The Kier molecular flexibility index (Phi) is 5.79. The predicted octanol–water partition coefficient (Wildman–Crippen LogP) is 3.36. The van der Waals surface area contributed by atoms with Crippen molar-refractivity contribution in [3.63, 3.8) is 0 Å². The van der Waals surface area contributed by atoms with Crippen molar-refractivity contribution in [2.24, 2.45) is 0 Å². The van der Waals surface area contributed by atoms with Gasteiger partial charge in [-0.05, 0) is 31.0 Å². The van der Waals surface area contributed by atoms with Crippen LogP contribution in [0.1, 0.15) is 18.9 Å². The van der Waals surface area contributed by atoms with Crippen molar-refractivity contribution in [2.45, 2.75) is 25.1 Å². The molecule has 1 rings (SSSR count). The van der Waals surface area contributed by atoms with Crippen LogP contribution in [0, 0.1) is 0 Å². The first kappa shape index (κ1) is 14.3. The summed E-state index contributed by atoms with van der Waals surface area (Å²) in [6, 6.07) is 7.34. The second-order valence-electron chi connectivity index (χ2n) is 4.19. The van der Waals surface area contributed by atoms with Crippen LogP contribution in [0.5, 0.6) is 0 Å². The number of amides is 1. The van der Waals surface area contributed by atoms with E-state index in [1.165, 1.54) is 0 Å². The minimum absolute atomic E-state index is 0.0979. The molecule has 0 aliphatic heterocycles. The zero-order chi connectivity index (χ0) is 12.8. The Bertz CT molecular complexity index is 362. The molecule has 0 fully saturated rings. The predicted molar refractivity (Wildman–Crippen MR) is 72.7 cm³/mol. The molecule has 0 aliphatic carbocycles. The fourth-order valence-electron chi connectivity index (χ4n) is 1.41. The molecule has 0 bridgehead atoms. The maximum atomic E-state index is 11.9. The molecule has 0 saturated heterocycles. The van der Waals surface area contributed by atoms with E-state index in [0.29, 0.717) is 18.0 Å². The highest BCUT2D eigenvalue weighted by atomic mass is 35.5. The molecule has 0 spiro atoms. The first-order valence-corrected chi connectivity index (χ1v) is 6.43. The Balaban J connectivity index is 2.45. The van der Waals surface area contributed by atoms with E-state index in [1.807, 2.05) is 19.1 Å². The molecule has 1 atom stereocenters. The van der Waals surface area contributed by atoms with Crippen LogP contribution in [0.15, 0.2) is 24.3 Å². The average molecular weight is 274 g/mol. The van der Waals surface area contributed by atoms with Crippen LogP contribution in [0.25, 0.3) is 0 Å². The molecule has 0 heterocycles. The second-order valence-corrected chi connectivity index (χ2v) is 5.37. The summed E-state index contributed by atoms with van der Waals surface area (Å²) in [4.78, 5) is 13.6. The van der Waals surface area contributed by atoms with Gasteiger partial charge in [0.1, 0.15) is 0 Å². The molecule has 0 N–H and O–H groups in total. The largest absolute Gasteiger partial charge is 0.345 e. The molecule has 0 aromatic heterocycles. The van der Waals surface area contributed by atoms with Crippen molar-refractivity contribution in [2.75, 3.05) is 13.6 Å². The second kappa shape index (κ2) is 6.87. The summed E-state index contributed by atoms with van der Waals surface area (Å²) in [5.41, 5.74) is 0.977. The van der Waals surface area contributed by atoms with Gasteiger partial charge in [0.15, 0.2) is 0 Å². The van der Waals surface area contributed by atoms with Gasteiger partial charge in [-0.3, -0.25) is 4.79 Å². The van der Waals surface area contributed by atoms with Gasteiger partial charge >= 0.3 is 0 Å². The first-order chi connectivity index (χ1) is 7.99. The highest BCUT2D eigenvalue weighted by Crippen LogP contribution is 2.11. The molecule has 1 aromatic rings. The lowest BCUT2D eigenvalue weighted by molar-refractivity contribution is -0.129. The third-order valence-corrected chi connectivity index (χ3v) is 3.03. The summed E-state index contributed by atoms with van der Waals surface area (Å²) >= 11 is 11.6. The maximum Gasteiger partial charge on any atom is 0.226 e. The number of hydrogen-bond acceptors (Lipinski definition) is 1. The Morgan fingerprint density at radius 3 is 2.47 bits per heavy atom.